The fraction of sp³-hybridized carbons (Fsp3) is 0. The Hall–Kier alpha value is 2.13. The van der Waals surface area contributed by atoms with E-state index in [1.807, 2.05) is 0 Å². The molecule has 0 aromatic carbocycles. The van der Waals surface area contributed by atoms with E-state index >= 15 is 0 Å². The monoisotopic (exact) mass is 342 g/mol. The smallest absolute Gasteiger partial charge is 1.00 e. The van der Waals surface area contributed by atoms with Gasteiger partial charge >= 0.3 is 19.5 Å². The molecule has 0 amide bonds. The molecule has 0 aliphatic rings. The molecule has 0 bridgehead atoms. The standard InChI is InChI=1S/2ClH.Pb.Zn/h2*1H;;/q;;;+2/p-2. The van der Waals surface area contributed by atoms with E-state index in [1.54, 1.807) is 0 Å². The molecule has 0 aliphatic heterocycles. The molecule has 0 saturated heterocycles. The van der Waals surface area contributed by atoms with Crippen LogP contribution in [0.25, 0.3) is 0 Å². The van der Waals surface area contributed by atoms with E-state index in [0.717, 1.165) is 0 Å². The van der Waals surface area contributed by atoms with E-state index in [1.165, 1.54) is 0 Å². The van der Waals surface area contributed by atoms with Crippen LogP contribution in [-0.2, 0) is 19.5 Å². The second-order valence-electron chi connectivity index (χ2n) is 0. The average Bonchev–Trinajstić information content (AvgIpc) is 0. The van der Waals surface area contributed by atoms with E-state index in [2.05, 4.69) is 0 Å². The Kier molecular flexibility index (Phi) is 172. The van der Waals surface area contributed by atoms with Crippen LogP contribution in [0.2, 0.25) is 0 Å². The van der Waals surface area contributed by atoms with Crippen molar-refractivity contribution in [2.24, 2.45) is 0 Å². The maximum Gasteiger partial charge on any atom is 2.00 e. The molecule has 0 aromatic heterocycles. The summed E-state index contributed by atoms with van der Waals surface area (Å²) in [6.45, 7) is 0. The number of hydrogen-bond acceptors (Lipinski definition) is 0. The van der Waals surface area contributed by atoms with Crippen LogP contribution in [0.15, 0.2) is 0 Å². The number of rotatable bonds is 0. The summed E-state index contributed by atoms with van der Waals surface area (Å²) in [7, 11) is 0. The van der Waals surface area contributed by atoms with Crippen LogP contribution in [0.1, 0.15) is 0 Å². The quantitative estimate of drug-likeness (QED) is 0.384. The molecule has 0 fully saturated rings. The van der Waals surface area contributed by atoms with Crippen LogP contribution in [0.3, 0.4) is 0 Å². The fourth-order valence-corrected chi connectivity index (χ4v) is 0. The van der Waals surface area contributed by atoms with Crippen molar-refractivity contribution < 1.29 is 44.3 Å². The van der Waals surface area contributed by atoms with Gasteiger partial charge in [0.25, 0.3) is 0 Å². The first-order chi connectivity index (χ1) is 0. The summed E-state index contributed by atoms with van der Waals surface area (Å²) in [5.74, 6) is 0. The van der Waals surface area contributed by atoms with Crippen molar-refractivity contribution in [3.63, 3.8) is 0 Å². The molecule has 0 N–H and O–H groups in total. The van der Waals surface area contributed by atoms with Gasteiger partial charge in [-0.1, -0.05) is 0 Å². The minimum Gasteiger partial charge on any atom is -1.00 e. The SMILES string of the molecule is [Cl-].[Cl-].[Pb].[Zn+2]. The number of hydrogen-bond donors (Lipinski definition) is 0. The van der Waals surface area contributed by atoms with Gasteiger partial charge in [-0.3, -0.25) is 0 Å². The van der Waals surface area contributed by atoms with Crippen LogP contribution in [0.5, 0.6) is 0 Å². The third-order valence-corrected chi connectivity index (χ3v) is 0. The zero-order valence-electron chi connectivity index (χ0n) is 1.96. The molecule has 0 atom stereocenters. The van der Waals surface area contributed by atoms with Crippen LogP contribution >= 0.6 is 0 Å². The van der Waals surface area contributed by atoms with Gasteiger partial charge in [0.2, 0.25) is 0 Å². The summed E-state index contributed by atoms with van der Waals surface area (Å²) >= 11 is 0. The first-order valence-electron chi connectivity index (χ1n) is 0. The Bertz CT molecular complexity index is 6.00. The zero-order chi connectivity index (χ0) is 0. The van der Waals surface area contributed by atoms with Crippen molar-refractivity contribution >= 4 is 27.3 Å². The van der Waals surface area contributed by atoms with Crippen LogP contribution in [0.4, 0.5) is 0 Å². The minimum atomic E-state index is 0. The first-order valence-corrected chi connectivity index (χ1v) is 0. The molecule has 0 aliphatic carbocycles. The molecule has 4 radical (unpaired) electrons. The van der Waals surface area contributed by atoms with Gasteiger partial charge in [0.15, 0.2) is 0 Å². The average molecular weight is 343 g/mol. The van der Waals surface area contributed by atoms with Gasteiger partial charge < -0.3 is 24.8 Å². The van der Waals surface area contributed by atoms with E-state index in [0.29, 0.717) is 0 Å². The maximum absolute atomic E-state index is 0. The molecule has 0 nitrogen and oxygen atoms in total. The Morgan fingerprint density at radius 2 is 0.750 bits per heavy atom. The summed E-state index contributed by atoms with van der Waals surface area (Å²) in [5, 5.41) is 0. The van der Waals surface area contributed by atoms with Gasteiger partial charge in [0.05, 0.1) is 0 Å². The van der Waals surface area contributed by atoms with Gasteiger partial charge in [-0.15, -0.1) is 0 Å². The fourth-order valence-electron chi connectivity index (χ4n) is 0. The zero-order valence-corrected chi connectivity index (χ0v) is 10.3. The van der Waals surface area contributed by atoms with Crippen molar-refractivity contribution in [3.8, 4) is 0 Å². The molecule has 0 unspecified atom stereocenters. The molecule has 0 aromatic rings. The summed E-state index contributed by atoms with van der Waals surface area (Å²) in [5.41, 5.74) is 0. The van der Waals surface area contributed by atoms with Gasteiger partial charge in [-0.25, -0.2) is 0 Å². The molecule has 0 rings (SSSR count). The summed E-state index contributed by atoms with van der Waals surface area (Å²) in [6, 6.07) is 0. The van der Waals surface area contributed by atoms with Gasteiger partial charge in [0.1, 0.15) is 0 Å². The normalized spacial score (nSPS) is 0. The molecular formula is Cl2PbZn. The molecule has 4 heteroatoms. The van der Waals surface area contributed by atoms with E-state index < -0.39 is 0 Å². The maximum atomic E-state index is 0. The second kappa shape index (κ2) is 19.3. The van der Waals surface area contributed by atoms with Gasteiger partial charge in [-0.2, -0.15) is 0 Å². The third-order valence-electron chi connectivity index (χ3n) is 0. The molecule has 0 heterocycles. The van der Waals surface area contributed by atoms with E-state index in [9.17, 15) is 0 Å². The molecule has 0 spiro atoms. The third kappa shape index (κ3) is 8.92. The predicted octanol–water partition coefficient (Wildman–Crippen LogP) is -6.38. The molecular weight excluding hydrogens is 343 g/mol. The largest absolute Gasteiger partial charge is 2.00 e. The summed E-state index contributed by atoms with van der Waals surface area (Å²) < 4.78 is 0. The van der Waals surface area contributed by atoms with Gasteiger partial charge in [-0.05, 0) is 0 Å². The Balaban J connectivity index is 0. The molecule has 0 saturated carbocycles. The van der Waals surface area contributed by atoms with E-state index in [4.69, 9.17) is 0 Å². The Morgan fingerprint density at radius 1 is 0.750 bits per heavy atom. The summed E-state index contributed by atoms with van der Waals surface area (Å²) in [6.07, 6.45) is 0. The van der Waals surface area contributed by atoms with E-state index in [-0.39, 0.29) is 71.6 Å². The molecule has 4 heavy (non-hydrogen) atoms. The second-order valence-corrected chi connectivity index (χ2v) is 0. The van der Waals surface area contributed by atoms with Crippen molar-refractivity contribution in [3.05, 3.63) is 0 Å². The Labute approximate surface area is 70.8 Å². The first kappa shape index (κ1) is 35.6. The van der Waals surface area contributed by atoms with Crippen LogP contribution < -0.4 is 24.8 Å². The number of halogens is 2. The summed E-state index contributed by atoms with van der Waals surface area (Å²) in [4.78, 5) is 0. The van der Waals surface area contributed by atoms with Crippen LogP contribution in [0, 0.1) is 0 Å². The van der Waals surface area contributed by atoms with Crippen molar-refractivity contribution in [2.45, 2.75) is 0 Å². The minimum absolute atomic E-state index is 0. The van der Waals surface area contributed by atoms with Crippen LogP contribution in [-0.4, -0.2) is 27.3 Å². The van der Waals surface area contributed by atoms with Crippen molar-refractivity contribution in [1.29, 1.82) is 0 Å². The predicted molar refractivity (Wildman–Crippen MR) is 5.75 cm³/mol. The molecule has 20 valence electrons. The van der Waals surface area contributed by atoms with Gasteiger partial charge in [0, 0.05) is 27.3 Å². The van der Waals surface area contributed by atoms with Crippen molar-refractivity contribution in [2.75, 3.05) is 0 Å². The Morgan fingerprint density at radius 3 is 0.750 bits per heavy atom. The topological polar surface area (TPSA) is 0 Å². The van der Waals surface area contributed by atoms with Crippen molar-refractivity contribution in [1.82, 2.24) is 0 Å².